The molecule has 140 valence electrons. The molecule has 0 N–H and O–H groups in total. The average Bonchev–Trinajstić information content (AvgIpc) is 2.64. The number of hydrogen-bond donors (Lipinski definition) is 0. The summed E-state index contributed by atoms with van der Waals surface area (Å²) in [6.07, 6.45) is 0.537. The van der Waals surface area contributed by atoms with Crippen LogP contribution in [0.1, 0.15) is 16.7 Å². The van der Waals surface area contributed by atoms with Crippen molar-refractivity contribution in [3.63, 3.8) is 0 Å². The van der Waals surface area contributed by atoms with Crippen molar-refractivity contribution in [1.29, 1.82) is 0 Å². The van der Waals surface area contributed by atoms with Gasteiger partial charge in [-0.25, -0.2) is 8.42 Å². The minimum Gasteiger partial charge on any atom is -0.495 e. The van der Waals surface area contributed by atoms with Gasteiger partial charge in [0.25, 0.3) is 0 Å². The molecule has 0 aromatic heterocycles. The first-order valence-corrected chi connectivity index (χ1v) is 10.2. The summed E-state index contributed by atoms with van der Waals surface area (Å²) in [6, 6.07) is 13.5. The van der Waals surface area contributed by atoms with Crippen LogP contribution in [-0.4, -0.2) is 45.6 Å². The van der Waals surface area contributed by atoms with Gasteiger partial charge < -0.3 is 9.47 Å². The molecule has 1 atom stereocenters. The highest BCUT2D eigenvalue weighted by atomic mass is 32.2. The molecule has 1 heterocycles. The molecule has 1 aliphatic rings. The van der Waals surface area contributed by atoms with Crippen LogP contribution >= 0.6 is 0 Å². The molecule has 0 aliphatic carbocycles. The Morgan fingerprint density at radius 3 is 2.54 bits per heavy atom. The van der Waals surface area contributed by atoms with Crippen molar-refractivity contribution in [3.8, 4) is 5.75 Å². The summed E-state index contributed by atoms with van der Waals surface area (Å²) in [6.45, 7) is 4.94. The first-order valence-electron chi connectivity index (χ1n) is 8.72. The lowest BCUT2D eigenvalue weighted by atomic mass is 10.1. The largest absolute Gasteiger partial charge is 0.495 e. The molecule has 1 fully saturated rings. The number of hydrogen-bond acceptors (Lipinski definition) is 4. The normalized spacial score (nSPS) is 18.7. The quantitative estimate of drug-likeness (QED) is 0.806. The predicted molar refractivity (Wildman–Crippen MR) is 101 cm³/mol. The zero-order valence-electron chi connectivity index (χ0n) is 15.4. The van der Waals surface area contributed by atoms with E-state index >= 15 is 0 Å². The smallest absolute Gasteiger partial charge is 0.246 e. The van der Waals surface area contributed by atoms with Gasteiger partial charge in [0.15, 0.2) is 0 Å². The third-order valence-corrected chi connectivity index (χ3v) is 6.69. The molecule has 1 saturated heterocycles. The Balaban J connectivity index is 1.84. The van der Waals surface area contributed by atoms with E-state index in [4.69, 9.17) is 9.47 Å². The molecule has 0 spiro atoms. The van der Waals surface area contributed by atoms with Crippen LogP contribution in [0.2, 0.25) is 0 Å². The van der Waals surface area contributed by atoms with Crippen molar-refractivity contribution in [2.24, 2.45) is 0 Å². The van der Waals surface area contributed by atoms with E-state index in [0.29, 0.717) is 31.9 Å². The van der Waals surface area contributed by atoms with Crippen molar-refractivity contribution >= 4 is 10.0 Å². The predicted octanol–water partition coefficient (Wildman–Crippen LogP) is 2.94. The maximum atomic E-state index is 13.2. The Morgan fingerprint density at radius 2 is 1.85 bits per heavy atom. The summed E-state index contributed by atoms with van der Waals surface area (Å²) < 4.78 is 39.1. The van der Waals surface area contributed by atoms with Crippen molar-refractivity contribution in [3.05, 3.63) is 59.2 Å². The van der Waals surface area contributed by atoms with Crippen molar-refractivity contribution in [1.82, 2.24) is 4.31 Å². The first kappa shape index (κ1) is 18.9. The minimum atomic E-state index is -3.64. The van der Waals surface area contributed by atoms with Crippen LogP contribution in [-0.2, 0) is 21.2 Å². The van der Waals surface area contributed by atoms with Crippen LogP contribution < -0.4 is 4.74 Å². The highest BCUT2D eigenvalue weighted by Crippen LogP contribution is 2.30. The van der Waals surface area contributed by atoms with E-state index in [1.807, 2.05) is 44.2 Å². The van der Waals surface area contributed by atoms with Crippen LogP contribution in [0.3, 0.4) is 0 Å². The number of ether oxygens (including phenoxy) is 2. The molecule has 2 aromatic carbocycles. The maximum Gasteiger partial charge on any atom is 0.246 e. The SMILES string of the molecule is COc1cc(C)c(C)cc1S(=O)(=O)N1CCOC(Cc2ccccc2)C1. The molecule has 0 saturated carbocycles. The van der Waals surface area contributed by atoms with E-state index in [1.165, 1.54) is 11.4 Å². The summed E-state index contributed by atoms with van der Waals surface area (Å²) in [5.41, 5.74) is 3.07. The fourth-order valence-electron chi connectivity index (χ4n) is 3.17. The fraction of sp³-hybridized carbons (Fsp3) is 0.400. The van der Waals surface area contributed by atoms with Crippen LogP contribution in [0.4, 0.5) is 0 Å². The minimum absolute atomic E-state index is 0.154. The van der Waals surface area contributed by atoms with Crippen LogP contribution in [0.15, 0.2) is 47.4 Å². The Morgan fingerprint density at radius 1 is 1.15 bits per heavy atom. The van der Waals surface area contributed by atoms with Crippen LogP contribution in [0.5, 0.6) is 5.75 Å². The average molecular weight is 375 g/mol. The van der Waals surface area contributed by atoms with Gasteiger partial charge in [-0.2, -0.15) is 4.31 Å². The zero-order chi connectivity index (χ0) is 18.7. The number of morpholine rings is 1. The molecular weight excluding hydrogens is 350 g/mol. The monoisotopic (exact) mass is 375 g/mol. The Hall–Kier alpha value is -1.89. The standard InChI is InChI=1S/C20H25NO4S/c1-15-11-19(24-3)20(12-16(15)2)26(22,23)21-9-10-25-18(14-21)13-17-7-5-4-6-8-17/h4-8,11-12,18H,9-10,13-14H2,1-3H3. The molecule has 0 amide bonds. The molecule has 26 heavy (non-hydrogen) atoms. The molecule has 2 aromatic rings. The van der Waals surface area contributed by atoms with Crippen LogP contribution in [0.25, 0.3) is 0 Å². The van der Waals surface area contributed by atoms with Gasteiger partial charge in [-0.05, 0) is 49.1 Å². The van der Waals surface area contributed by atoms with Gasteiger partial charge >= 0.3 is 0 Å². The van der Waals surface area contributed by atoms with Gasteiger partial charge in [0.1, 0.15) is 10.6 Å². The topological polar surface area (TPSA) is 55.8 Å². The highest BCUT2D eigenvalue weighted by Gasteiger charge is 2.33. The van der Waals surface area contributed by atoms with Gasteiger partial charge in [0, 0.05) is 13.1 Å². The second-order valence-electron chi connectivity index (χ2n) is 6.63. The van der Waals surface area contributed by atoms with Gasteiger partial charge in [-0.1, -0.05) is 30.3 Å². The molecule has 5 nitrogen and oxygen atoms in total. The molecular formula is C20H25NO4S. The number of aryl methyl sites for hydroxylation is 2. The Kier molecular flexibility index (Phi) is 5.65. The first-order chi connectivity index (χ1) is 12.4. The Labute approximate surface area is 155 Å². The zero-order valence-corrected chi connectivity index (χ0v) is 16.3. The van der Waals surface area contributed by atoms with Gasteiger partial charge in [-0.3, -0.25) is 0 Å². The van der Waals surface area contributed by atoms with Crippen molar-refractivity contribution in [2.45, 2.75) is 31.3 Å². The summed E-state index contributed by atoms with van der Waals surface area (Å²) in [5.74, 6) is 0.388. The summed E-state index contributed by atoms with van der Waals surface area (Å²) in [7, 11) is -2.14. The number of benzene rings is 2. The lowest BCUT2D eigenvalue weighted by Crippen LogP contribution is -2.46. The second-order valence-corrected chi connectivity index (χ2v) is 8.54. The Bertz CT molecular complexity index is 865. The van der Waals surface area contributed by atoms with Crippen molar-refractivity contribution in [2.75, 3.05) is 26.8 Å². The fourth-order valence-corrected chi connectivity index (χ4v) is 4.85. The van der Waals surface area contributed by atoms with E-state index in [0.717, 1.165) is 16.7 Å². The molecule has 6 heteroatoms. The van der Waals surface area contributed by atoms with E-state index in [-0.39, 0.29) is 11.0 Å². The third kappa shape index (κ3) is 3.92. The number of sulfonamides is 1. The highest BCUT2D eigenvalue weighted by molar-refractivity contribution is 7.89. The van der Waals surface area contributed by atoms with Gasteiger partial charge in [-0.15, -0.1) is 0 Å². The molecule has 1 aliphatic heterocycles. The molecule has 0 radical (unpaired) electrons. The van der Waals surface area contributed by atoms with E-state index < -0.39 is 10.0 Å². The molecule has 3 rings (SSSR count). The van der Waals surface area contributed by atoms with E-state index in [9.17, 15) is 8.42 Å². The maximum absolute atomic E-state index is 13.2. The number of rotatable bonds is 5. The molecule has 0 bridgehead atoms. The lowest BCUT2D eigenvalue weighted by molar-refractivity contribution is -0.000531. The van der Waals surface area contributed by atoms with Gasteiger partial charge in [0.2, 0.25) is 10.0 Å². The van der Waals surface area contributed by atoms with Crippen LogP contribution in [0, 0.1) is 13.8 Å². The van der Waals surface area contributed by atoms with Crippen molar-refractivity contribution < 1.29 is 17.9 Å². The summed E-state index contributed by atoms with van der Waals surface area (Å²) >= 11 is 0. The van der Waals surface area contributed by atoms with E-state index in [2.05, 4.69) is 0 Å². The van der Waals surface area contributed by atoms with E-state index in [1.54, 1.807) is 12.1 Å². The van der Waals surface area contributed by atoms with Gasteiger partial charge in [0.05, 0.1) is 19.8 Å². The molecule has 1 unspecified atom stereocenters. The summed E-state index contributed by atoms with van der Waals surface area (Å²) in [5, 5.41) is 0. The second kappa shape index (κ2) is 7.78. The number of methoxy groups -OCH3 is 1. The lowest BCUT2D eigenvalue weighted by Gasteiger charge is -2.32. The number of nitrogens with zero attached hydrogens (tertiary/aromatic N) is 1. The summed E-state index contributed by atoms with van der Waals surface area (Å²) in [4.78, 5) is 0.225. The third-order valence-electron chi connectivity index (χ3n) is 4.81.